The standard InChI is InChI=1S/C6H4Cl2O3S.2H2O/c7-4-1-2-5(8)6(3-4)12(9,10)11;;/h1-3H,(H,9,10,11);2*1H2. The molecule has 8 heteroatoms. The van der Waals surface area contributed by atoms with Gasteiger partial charge in [-0.25, -0.2) is 0 Å². The number of hydrogen-bond acceptors (Lipinski definition) is 2. The molecule has 82 valence electrons. The molecule has 1 aromatic rings. The van der Waals surface area contributed by atoms with Crippen LogP contribution in [0.25, 0.3) is 0 Å². The third-order valence-corrected chi connectivity index (χ3v) is 2.74. The van der Waals surface area contributed by atoms with Gasteiger partial charge < -0.3 is 11.0 Å². The van der Waals surface area contributed by atoms with Gasteiger partial charge in [0, 0.05) is 5.02 Å². The van der Waals surface area contributed by atoms with Crippen LogP contribution in [-0.4, -0.2) is 23.9 Å². The van der Waals surface area contributed by atoms with E-state index in [9.17, 15) is 8.42 Å². The van der Waals surface area contributed by atoms with Crippen LogP contribution in [0.4, 0.5) is 0 Å². The van der Waals surface area contributed by atoms with Gasteiger partial charge in [-0.3, -0.25) is 4.55 Å². The van der Waals surface area contributed by atoms with Crippen molar-refractivity contribution in [2.45, 2.75) is 4.90 Å². The van der Waals surface area contributed by atoms with Crippen molar-refractivity contribution in [1.82, 2.24) is 0 Å². The van der Waals surface area contributed by atoms with E-state index in [1.54, 1.807) is 0 Å². The fourth-order valence-corrected chi connectivity index (χ4v) is 1.91. The summed E-state index contributed by atoms with van der Waals surface area (Å²) in [6.45, 7) is 0. The summed E-state index contributed by atoms with van der Waals surface area (Å²) in [4.78, 5) is -0.378. The van der Waals surface area contributed by atoms with Crippen molar-refractivity contribution < 1.29 is 23.9 Å². The predicted octanol–water partition coefficient (Wildman–Crippen LogP) is 0.591. The second-order valence-corrected chi connectivity index (χ2v) is 4.28. The van der Waals surface area contributed by atoms with E-state index in [-0.39, 0.29) is 25.9 Å². The van der Waals surface area contributed by atoms with Crippen LogP contribution in [0.3, 0.4) is 0 Å². The summed E-state index contributed by atoms with van der Waals surface area (Å²) < 4.78 is 29.9. The topological polar surface area (TPSA) is 117 Å². The zero-order chi connectivity index (χ0) is 9.35. The van der Waals surface area contributed by atoms with Crippen LogP contribution in [0, 0.1) is 0 Å². The molecule has 5 nitrogen and oxygen atoms in total. The highest BCUT2D eigenvalue weighted by molar-refractivity contribution is 7.86. The minimum Gasteiger partial charge on any atom is -0.412 e. The maximum Gasteiger partial charge on any atom is 0.296 e. The molecule has 14 heavy (non-hydrogen) atoms. The summed E-state index contributed by atoms with van der Waals surface area (Å²) in [5, 5.41) is 0.147. The molecule has 0 aliphatic rings. The van der Waals surface area contributed by atoms with Crippen molar-refractivity contribution in [3.05, 3.63) is 28.2 Å². The average molecular weight is 263 g/mol. The zero-order valence-corrected chi connectivity index (χ0v) is 8.99. The summed E-state index contributed by atoms with van der Waals surface area (Å²) in [7, 11) is -4.27. The van der Waals surface area contributed by atoms with E-state index < -0.39 is 10.1 Å². The lowest BCUT2D eigenvalue weighted by Gasteiger charge is -1.99. The first-order valence-electron chi connectivity index (χ1n) is 2.84. The van der Waals surface area contributed by atoms with Gasteiger partial charge in [-0.15, -0.1) is 0 Å². The van der Waals surface area contributed by atoms with Gasteiger partial charge >= 0.3 is 0 Å². The highest BCUT2D eigenvalue weighted by Gasteiger charge is 2.14. The van der Waals surface area contributed by atoms with Crippen molar-refractivity contribution >= 4 is 33.3 Å². The van der Waals surface area contributed by atoms with Crippen LogP contribution in [-0.2, 0) is 10.1 Å². The highest BCUT2D eigenvalue weighted by atomic mass is 35.5. The van der Waals surface area contributed by atoms with Crippen molar-refractivity contribution in [2.24, 2.45) is 0 Å². The van der Waals surface area contributed by atoms with E-state index in [4.69, 9.17) is 27.8 Å². The molecule has 0 saturated heterocycles. The van der Waals surface area contributed by atoms with Gasteiger partial charge in [0.05, 0.1) is 5.02 Å². The Bertz CT molecular complexity index is 403. The molecule has 0 atom stereocenters. The minimum atomic E-state index is -4.27. The molecule has 0 heterocycles. The zero-order valence-electron chi connectivity index (χ0n) is 6.66. The normalized spacial score (nSPS) is 9.93. The molecule has 0 saturated carbocycles. The van der Waals surface area contributed by atoms with Crippen LogP contribution in [0.15, 0.2) is 23.1 Å². The minimum absolute atomic E-state index is 0. The van der Waals surface area contributed by atoms with Crippen molar-refractivity contribution in [1.29, 1.82) is 0 Å². The van der Waals surface area contributed by atoms with E-state index in [1.165, 1.54) is 12.1 Å². The molecule has 5 N–H and O–H groups in total. The van der Waals surface area contributed by atoms with E-state index in [1.807, 2.05) is 0 Å². The third-order valence-electron chi connectivity index (χ3n) is 1.17. The number of hydrogen-bond donors (Lipinski definition) is 1. The van der Waals surface area contributed by atoms with E-state index in [2.05, 4.69) is 0 Å². The molecule has 0 aliphatic heterocycles. The first kappa shape index (κ1) is 16.1. The van der Waals surface area contributed by atoms with Crippen molar-refractivity contribution in [2.75, 3.05) is 0 Å². The van der Waals surface area contributed by atoms with Gasteiger partial charge in [-0.1, -0.05) is 23.2 Å². The highest BCUT2D eigenvalue weighted by Crippen LogP contribution is 2.24. The summed E-state index contributed by atoms with van der Waals surface area (Å²) in [5.41, 5.74) is 0. The third kappa shape index (κ3) is 3.79. The molecule has 1 aromatic carbocycles. The Balaban J connectivity index is 0. The first-order chi connectivity index (χ1) is 5.41. The molecule has 0 bridgehead atoms. The summed E-state index contributed by atoms with van der Waals surface area (Å²) in [6, 6.07) is 3.81. The molecule has 0 aliphatic carbocycles. The van der Waals surface area contributed by atoms with Gasteiger partial charge in [-0.2, -0.15) is 8.42 Å². The summed E-state index contributed by atoms with van der Waals surface area (Å²) in [5.74, 6) is 0. The van der Waals surface area contributed by atoms with Crippen LogP contribution >= 0.6 is 23.2 Å². The second kappa shape index (κ2) is 5.50. The maximum absolute atomic E-state index is 10.6. The Kier molecular flexibility index (Phi) is 6.31. The SMILES string of the molecule is O.O.O=S(=O)(O)c1cc(Cl)ccc1Cl. The predicted molar refractivity (Wildman–Crippen MR) is 53.5 cm³/mol. The van der Waals surface area contributed by atoms with Crippen LogP contribution < -0.4 is 0 Å². The van der Waals surface area contributed by atoms with Gasteiger partial charge in [0.25, 0.3) is 10.1 Å². The molecule has 0 amide bonds. The Morgan fingerprint density at radius 3 is 2.00 bits per heavy atom. The smallest absolute Gasteiger partial charge is 0.296 e. The Morgan fingerprint density at radius 1 is 1.14 bits per heavy atom. The Hall–Kier alpha value is -0.370. The number of benzene rings is 1. The van der Waals surface area contributed by atoms with Crippen LogP contribution in [0.1, 0.15) is 0 Å². The maximum atomic E-state index is 10.6. The molecular formula is C6H8Cl2O5S. The van der Waals surface area contributed by atoms with Gasteiger partial charge in [0.2, 0.25) is 0 Å². The molecule has 0 unspecified atom stereocenters. The monoisotopic (exact) mass is 262 g/mol. The molecule has 0 radical (unpaired) electrons. The number of halogens is 2. The van der Waals surface area contributed by atoms with Crippen molar-refractivity contribution in [3.8, 4) is 0 Å². The quantitative estimate of drug-likeness (QED) is 0.747. The van der Waals surface area contributed by atoms with Crippen LogP contribution in [0.2, 0.25) is 10.0 Å². The largest absolute Gasteiger partial charge is 0.412 e. The Morgan fingerprint density at radius 2 is 1.64 bits per heavy atom. The fourth-order valence-electron chi connectivity index (χ4n) is 0.675. The van der Waals surface area contributed by atoms with Crippen molar-refractivity contribution in [3.63, 3.8) is 0 Å². The van der Waals surface area contributed by atoms with Gasteiger partial charge in [0.15, 0.2) is 0 Å². The average Bonchev–Trinajstić information content (AvgIpc) is 1.92. The van der Waals surface area contributed by atoms with E-state index in [0.29, 0.717) is 0 Å². The molecule has 0 fully saturated rings. The summed E-state index contributed by atoms with van der Waals surface area (Å²) >= 11 is 11.0. The lowest BCUT2D eigenvalue weighted by molar-refractivity contribution is 0.483. The molecular weight excluding hydrogens is 255 g/mol. The molecule has 1 rings (SSSR count). The number of rotatable bonds is 1. The molecule has 0 spiro atoms. The summed E-state index contributed by atoms with van der Waals surface area (Å²) in [6.07, 6.45) is 0. The second-order valence-electron chi connectivity index (χ2n) is 2.05. The molecule has 0 aromatic heterocycles. The van der Waals surface area contributed by atoms with E-state index >= 15 is 0 Å². The lowest BCUT2D eigenvalue weighted by Crippen LogP contribution is -1.98. The van der Waals surface area contributed by atoms with E-state index in [0.717, 1.165) is 6.07 Å². The Labute approximate surface area is 90.6 Å². The van der Waals surface area contributed by atoms with Crippen LogP contribution in [0.5, 0.6) is 0 Å². The fraction of sp³-hybridized carbons (Fsp3) is 0. The first-order valence-corrected chi connectivity index (χ1v) is 5.03. The van der Waals surface area contributed by atoms with Gasteiger partial charge in [0.1, 0.15) is 4.90 Å². The lowest BCUT2D eigenvalue weighted by atomic mass is 10.4. The van der Waals surface area contributed by atoms with Gasteiger partial charge in [-0.05, 0) is 18.2 Å².